The molecule has 1 heterocycles. The quantitative estimate of drug-likeness (QED) is 0.0229. The number of allylic oxidation sites excluding steroid dienone is 14. The highest BCUT2D eigenvalue weighted by Gasteiger charge is 2.50. The zero-order valence-electron chi connectivity index (χ0n) is 42.8. The summed E-state index contributed by atoms with van der Waals surface area (Å²) >= 11 is 0. The van der Waals surface area contributed by atoms with E-state index >= 15 is 0 Å². The van der Waals surface area contributed by atoms with Gasteiger partial charge in [0.25, 0.3) is 0 Å². The van der Waals surface area contributed by atoms with Crippen molar-refractivity contribution in [1.82, 2.24) is 0 Å². The van der Waals surface area contributed by atoms with Gasteiger partial charge in [-0.3, -0.25) is 14.4 Å². The van der Waals surface area contributed by atoms with E-state index in [4.69, 9.17) is 23.7 Å². The SMILES string of the molecule is CC/C=C\C/C=C\C/C=C\C/C=C\CCCCC(=O)OC1C(OCC(COC(=O)CCCCC/C=C\C/C=C\C/C=C\CC)OC(=O)CCCCCCCCCCCCC)OC(C(=O)O)C(O)C1O. The molecule has 3 N–H and O–H groups in total. The Bertz CT molecular complexity index is 1530. The van der Waals surface area contributed by atoms with Crippen molar-refractivity contribution in [2.75, 3.05) is 13.2 Å². The molecule has 0 amide bonds. The van der Waals surface area contributed by atoms with Gasteiger partial charge in [-0.25, -0.2) is 4.79 Å². The van der Waals surface area contributed by atoms with E-state index in [0.717, 1.165) is 89.9 Å². The van der Waals surface area contributed by atoms with Gasteiger partial charge >= 0.3 is 23.9 Å². The Kier molecular flexibility index (Phi) is 41.1. The lowest BCUT2D eigenvalue weighted by Crippen LogP contribution is -2.61. The van der Waals surface area contributed by atoms with Gasteiger partial charge < -0.3 is 39.0 Å². The third-order valence-electron chi connectivity index (χ3n) is 11.5. The molecule has 69 heavy (non-hydrogen) atoms. The van der Waals surface area contributed by atoms with Crippen molar-refractivity contribution in [1.29, 1.82) is 0 Å². The Morgan fingerprint density at radius 2 is 0.913 bits per heavy atom. The molecule has 12 heteroatoms. The number of aliphatic carboxylic acids is 1. The van der Waals surface area contributed by atoms with E-state index in [1.165, 1.54) is 44.9 Å². The highest BCUT2D eigenvalue weighted by Crippen LogP contribution is 2.26. The molecular formula is C57H92O12. The van der Waals surface area contributed by atoms with Crippen LogP contribution < -0.4 is 0 Å². The van der Waals surface area contributed by atoms with E-state index in [0.29, 0.717) is 25.7 Å². The molecular weight excluding hydrogens is 877 g/mol. The van der Waals surface area contributed by atoms with Crippen LogP contribution in [0, 0.1) is 0 Å². The predicted molar refractivity (Wildman–Crippen MR) is 275 cm³/mol. The molecule has 0 spiro atoms. The molecule has 12 nitrogen and oxygen atoms in total. The number of unbranched alkanes of at least 4 members (excludes halogenated alkanes) is 15. The van der Waals surface area contributed by atoms with Gasteiger partial charge in [-0.1, -0.05) is 176 Å². The number of rotatable bonds is 43. The summed E-state index contributed by atoms with van der Waals surface area (Å²) in [6, 6.07) is 0. The second-order valence-electron chi connectivity index (χ2n) is 17.8. The third kappa shape index (κ3) is 35.6. The van der Waals surface area contributed by atoms with Crippen LogP contribution >= 0.6 is 0 Å². The lowest BCUT2D eigenvalue weighted by atomic mass is 9.98. The first-order valence-electron chi connectivity index (χ1n) is 26.6. The average molecular weight is 969 g/mol. The van der Waals surface area contributed by atoms with Crippen LogP contribution in [0.4, 0.5) is 0 Å². The van der Waals surface area contributed by atoms with Gasteiger partial charge in [0.1, 0.15) is 18.8 Å². The average Bonchev–Trinajstić information content (AvgIpc) is 3.33. The van der Waals surface area contributed by atoms with Crippen LogP contribution in [0.2, 0.25) is 0 Å². The fraction of sp³-hybridized carbons (Fsp3) is 0.684. The van der Waals surface area contributed by atoms with Crippen LogP contribution in [0.25, 0.3) is 0 Å². The van der Waals surface area contributed by atoms with Gasteiger partial charge in [0.15, 0.2) is 24.6 Å². The summed E-state index contributed by atoms with van der Waals surface area (Å²) in [6.07, 6.45) is 44.3. The molecule has 0 radical (unpaired) electrons. The van der Waals surface area contributed by atoms with E-state index in [9.17, 15) is 34.5 Å². The van der Waals surface area contributed by atoms with Crippen molar-refractivity contribution in [3.05, 3.63) is 85.1 Å². The second kappa shape index (κ2) is 45.1. The number of hydrogen-bond acceptors (Lipinski definition) is 11. The second-order valence-corrected chi connectivity index (χ2v) is 17.8. The van der Waals surface area contributed by atoms with E-state index in [1.807, 2.05) is 0 Å². The van der Waals surface area contributed by atoms with Crippen LogP contribution in [-0.4, -0.2) is 89.2 Å². The van der Waals surface area contributed by atoms with Gasteiger partial charge in [0.05, 0.1) is 6.61 Å². The Morgan fingerprint density at radius 3 is 1.42 bits per heavy atom. The topological polar surface area (TPSA) is 175 Å². The number of carboxylic acid groups (broad SMARTS) is 1. The largest absolute Gasteiger partial charge is 0.479 e. The van der Waals surface area contributed by atoms with Gasteiger partial charge in [-0.05, 0) is 89.9 Å². The molecule has 0 aromatic rings. The van der Waals surface area contributed by atoms with E-state index < -0.39 is 67.3 Å². The van der Waals surface area contributed by atoms with Crippen molar-refractivity contribution < 1.29 is 58.2 Å². The van der Waals surface area contributed by atoms with Crippen molar-refractivity contribution in [2.24, 2.45) is 0 Å². The zero-order chi connectivity index (χ0) is 50.4. The minimum atomic E-state index is -1.92. The number of carbonyl (C=O) groups is 4. The normalized spacial score (nSPS) is 19.3. The number of ether oxygens (including phenoxy) is 5. The number of hydrogen-bond donors (Lipinski definition) is 3. The summed E-state index contributed by atoms with van der Waals surface area (Å²) in [5, 5.41) is 31.3. The Morgan fingerprint density at radius 1 is 0.493 bits per heavy atom. The van der Waals surface area contributed by atoms with Crippen molar-refractivity contribution >= 4 is 23.9 Å². The fourth-order valence-electron chi connectivity index (χ4n) is 7.43. The van der Waals surface area contributed by atoms with Gasteiger partial charge in [0, 0.05) is 19.3 Å². The molecule has 6 unspecified atom stereocenters. The minimum absolute atomic E-state index is 0.00285. The molecule has 392 valence electrons. The smallest absolute Gasteiger partial charge is 0.335 e. The first-order chi connectivity index (χ1) is 33.6. The number of carboxylic acids is 1. The summed E-state index contributed by atoms with van der Waals surface area (Å²) in [6.45, 7) is 5.68. The maximum absolute atomic E-state index is 13.1. The minimum Gasteiger partial charge on any atom is -0.479 e. The molecule has 0 bridgehead atoms. The van der Waals surface area contributed by atoms with E-state index in [1.54, 1.807) is 0 Å². The van der Waals surface area contributed by atoms with Crippen LogP contribution in [0.15, 0.2) is 85.1 Å². The molecule has 0 aromatic carbocycles. The standard InChI is InChI=1S/C57H92O12/c1-4-7-10-13-16-19-22-24-25-27-30-33-36-39-42-45-51(60)68-55-53(62)52(61)54(56(63)64)69-57(55)66-47-48(67-50(59)44-41-38-35-32-28-21-18-15-12-9-6-3)46-65-49(58)43-40-37-34-31-29-26-23-20-17-14-11-8-5-2/h7-8,10-11,16-17,19-20,24-26,29-30,33,48,52-55,57,61-62H,4-6,9,12-15,18,21-23,27-28,31-32,34-47H2,1-3H3,(H,63,64)/b10-7-,11-8-,19-16-,20-17-,25-24-,29-26-,33-30-. The van der Waals surface area contributed by atoms with E-state index in [2.05, 4.69) is 106 Å². The first kappa shape index (κ1) is 62.9. The first-order valence-corrected chi connectivity index (χ1v) is 26.6. The third-order valence-corrected chi connectivity index (χ3v) is 11.5. The molecule has 0 aromatic heterocycles. The van der Waals surface area contributed by atoms with Gasteiger partial charge in [-0.15, -0.1) is 0 Å². The molecule has 0 aliphatic carbocycles. The Labute approximate surface area is 416 Å². The summed E-state index contributed by atoms with van der Waals surface area (Å²) in [5.41, 5.74) is 0. The maximum atomic E-state index is 13.1. The van der Waals surface area contributed by atoms with Gasteiger partial charge in [-0.2, -0.15) is 0 Å². The molecule has 0 saturated carbocycles. The summed E-state index contributed by atoms with van der Waals surface area (Å²) in [4.78, 5) is 50.8. The van der Waals surface area contributed by atoms with Crippen LogP contribution in [0.3, 0.4) is 0 Å². The number of aliphatic hydroxyl groups excluding tert-OH is 2. The molecule has 1 fully saturated rings. The molecule has 1 rings (SSSR count). The fourth-order valence-corrected chi connectivity index (χ4v) is 7.43. The van der Waals surface area contributed by atoms with Crippen LogP contribution in [0.5, 0.6) is 0 Å². The maximum Gasteiger partial charge on any atom is 0.335 e. The predicted octanol–water partition coefficient (Wildman–Crippen LogP) is 12.8. The summed E-state index contributed by atoms with van der Waals surface area (Å²) in [7, 11) is 0. The molecule has 1 aliphatic heterocycles. The number of carbonyl (C=O) groups excluding carboxylic acids is 3. The molecule has 1 aliphatic rings. The van der Waals surface area contributed by atoms with Crippen molar-refractivity contribution in [3.8, 4) is 0 Å². The van der Waals surface area contributed by atoms with Crippen LogP contribution in [-0.2, 0) is 42.9 Å². The monoisotopic (exact) mass is 969 g/mol. The Hall–Kier alpha value is -4.10. The highest BCUT2D eigenvalue weighted by atomic mass is 16.7. The van der Waals surface area contributed by atoms with E-state index in [-0.39, 0.29) is 25.9 Å². The molecule has 6 atom stereocenters. The van der Waals surface area contributed by atoms with Crippen LogP contribution in [0.1, 0.15) is 201 Å². The zero-order valence-corrected chi connectivity index (χ0v) is 42.8. The lowest BCUT2D eigenvalue weighted by molar-refractivity contribution is -0.301. The van der Waals surface area contributed by atoms with Crippen molar-refractivity contribution in [3.63, 3.8) is 0 Å². The Balaban J connectivity index is 2.77. The van der Waals surface area contributed by atoms with Gasteiger partial charge in [0.2, 0.25) is 0 Å². The summed E-state index contributed by atoms with van der Waals surface area (Å²) < 4.78 is 28.2. The van der Waals surface area contributed by atoms with Crippen molar-refractivity contribution in [2.45, 2.75) is 237 Å². The number of aliphatic hydroxyl groups is 2. The highest BCUT2D eigenvalue weighted by molar-refractivity contribution is 5.74. The lowest BCUT2D eigenvalue weighted by Gasteiger charge is -2.40. The summed E-state index contributed by atoms with van der Waals surface area (Å²) in [5.74, 6) is -3.22. The molecule has 1 saturated heterocycles. The number of esters is 3.